The highest BCUT2D eigenvalue weighted by Crippen LogP contribution is 2.20. The second kappa shape index (κ2) is 4.32. The molecule has 11 heavy (non-hydrogen) atoms. The number of rotatable bonds is 5. The molecule has 0 aliphatic heterocycles. The van der Waals surface area contributed by atoms with E-state index in [2.05, 4.69) is 6.58 Å². The molecule has 64 valence electrons. The van der Waals surface area contributed by atoms with E-state index in [9.17, 15) is 4.79 Å². The van der Waals surface area contributed by atoms with Gasteiger partial charge in [-0.25, -0.2) is 0 Å². The van der Waals surface area contributed by atoms with Crippen molar-refractivity contribution in [2.24, 2.45) is 5.41 Å². The van der Waals surface area contributed by atoms with Gasteiger partial charge in [0.15, 0.2) is 0 Å². The number of carbonyl (C=O) groups is 1. The zero-order chi connectivity index (χ0) is 8.91. The lowest BCUT2D eigenvalue weighted by molar-refractivity contribution is -0.115. The quantitative estimate of drug-likeness (QED) is 0.439. The zero-order valence-electron chi connectivity index (χ0n) is 7.81. The fraction of sp³-hybridized carbons (Fsp3) is 0.700. The Bertz CT molecular complexity index is 145. The van der Waals surface area contributed by atoms with Gasteiger partial charge < -0.3 is 4.79 Å². The Morgan fingerprint density at radius 2 is 2.09 bits per heavy atom. The van der Waals surface area contributed by atoms with Crippen LogP contribution in [0, 0.1) is 5.41 Å². The number of carbonyl (C=O) groups excluding carboxylic acids is 1. The number of aldehydes is 1. The predicted molar refractivity (Wildman–Crippen MR) is 48.5 cm³/mol. The minimum absolute atomic E-state index is 0.143. The maximum absolute atomic E-state index is 10.5. The van der Waals surface area contributed by atoms with Gasteiger partial charge in [0.25, 0.3) is 0 Å². The second-order valence-electron chi connectivity index (χ2n) is 3.92. The number of hydrogen-bond acceptors (Lipinski definition) is 1. The molecule has 0 unspecified atom stereocenters. The molecule has 0 spiro atoms. The van der Waals surface area contributed by atoms with Crippen LogP contribution in [0.15, 0.2) is 12.2 Å². The average Bonchev–Trinajstić information content (AvgIpc) is 1.87. The van der Waals surface area contributed by atoms with Crippen LogP contribution in [0.3, 0.4) is 0 Å². The molecule has 0 N–H and O–H groups in total. The summed E-state index contributed by atoms with van der Waals surface area (Å²) in [5.41, 5.74) is 1.06. The van der Waals surface area contributed by atoms with Gasteiger partial charge in [0.2, 0.25) is 0 Å². The Hall–Kier alpha value is -0.590. The summed E-state index contributed by atoms with van der Waals surface area (Å²) in [5.74, 6) is 0. The second-order valence-corrected chi connectivity index (χ2v) is 3.92. The first-order valence-corrected chi connectivity index (χ1v) is 4.09. The molecule has 0 saturated carbocycles. The van der Waals surface area contributed by atoms with Gasteiger partial charge >= 0.3 is 0 Å². The van der Waals surface area contributed by atoms with Gasteiger partial charge in [-0.05, 0) is 26.2 Å². The lowest BCUT2D eigenvalue weighted by Gasteiger charge is -2.15. The minimum Gasteiger partial charge on any atom is -0.303 e. The molecule has 0 fully saturated rings. The SMILES string of the molecule is C=C(C)CCCC(C)(C)C=O. The summed E-state index contributed by atoms with van der Waals surface area (Å²) in [4.78, 5) is 10.5. The molecule has 0 radical (unpaired) electrons. The highest BCUT2D eigenvalue weighted by atomic mass is 16.1. The van der Waals surface area contributed by atoms with E-state index in [1.807, 2.05) is 20.8 Å². The van der Waals surface area contributed by atoms with Crippen LogP contribution < -0.4 is 0 Å². The van der Waals surface area contributed by atoms with E-state index in [1.54, 1.807) is 0 Å². The molecule has 0 amide bonds. The molecule has 1 heteroatoms. The fourth-order valence-corrected chi connectivity index (χ4v) is 0.905. The molecule has 1 nitrogen and oxygen atoms in total. The molecular weight excluding hydrogens is 136 g/mol. The summed E-state index contributed by atoms with van der Waals surface area (Å²) in [6.07, 6.45) is 4.10. The molecule has 0 rings (SSSR count). The maximum atomic E-state index is 10.5. The van der Waals surface area contributed by atoms with Gasteiger partial charge in [0.1, 0.15) is 6.29 Å². The minimum atomic E-state index is -0.143. The molecule has 0 aliphatic carbocycles. The Kier molecular flexibility index (Phi) is 4.09. The predicted octanol–water partition coefficient (Wildman–Crippen LogP) is 2.96. The Labute approximate surface area is 69.5 Å². The van der Waals surface area contributed by atoms with E-state index >= 15 is 0 Å². The van der Waals surface area contributed by atoms with Gasteiger partial charge in [-0.3, -0.25) is 0 Å². The Morgan fingerprint density at radius 3 is 2.45 bits per heavy atom. The smallest absolute Gasteiger partial charge is 0.125 e. The molecule has 0 aromatic carbocycles. The summed E-state index contributed by atoms with van der Waals surface area (Å²) in [6, 6.07) is 0. The van der Waals surface area contributed by atoms with Gasteiger partial charge in [-0.15, -0.1) is 6.58 Å². The van der Waals surface area contributed by atoms with Crippen LogP contribution in [0.5, 0.6) is 0 Å². The van der Waals surface area contributed by atoms with Crippen LogP contribution >= 0.6 is 0 Å². The van der Waals surface area contributed by atoms with Crippen LogP contribution in [-0.2, 0) is 4.79 Å². The first-order chi connectivity index (χ1) is 4.98. The number of allylic oxidation sites excluding steroid dienone is 1. The highest BCUT2D eigenvalue weighted by molar-refractivity contribution is 5.57. The van der Waals surface area contributed by atoms with E-state index in [4.69, 9.17) is 0 Å². The van der Waals surface area contributed by atoms with E-state index in [-0.39, 0.29) is 5.41 Å². The topological polar surface area (TPSA) is 17.1 Å². The molecule has 0 bridgehead atoms. The van der Waals surface area contributed by atoms with Crippen molar-refractivity contribution < 1.29 is 4.79 Å². The number of hydrogen-bond donors (Lipinski definition) is 0. The largest absolute Gasteiger partial charge is 0.303 e. The average molecular weight is 154 g/mol. The van der Waals surface area contributed by atoms with Crippen molar-refractivity contribution in [3.63, 3.8) is 0 Å². The van der Waals surface area contributed by atoms with E-state index in [1.165, 1.54) is 5.57 Å². The van der Waals surface area contributed by atoms with Gasteiger partial charge in [0, 0.05) is 5.41 Å². The van der Waals surface area contributed by atoms with Crippen molar-refractivity contribution in [1.82, 2.24) is 0 Å². The molecule has 0 atom stereocenters. The molecule has 0 aromatic heterocycles. The third kappa shape index (κ3) is 5.84. The standard InChI is InChI=1S/C10H18O/c1-9(2)6-5-7-10(3,4)8-11/h8H,1,5-7H2,2-4H3. The monoisotopic (exact) mass is 154 g/mol. The summed E-state index contributed by atoms with van der Waals surface area (Å²) in [6.45, 7) is 9.78. The first kappa shape index (κ1) is 10.4. The van der Waals surface area contributed by atoms with E-state index in [0.29, 0.717) is 0 Å². The third-order valence-corrected chi connectivity index (χ3v) is 1.74. The van der Waals surface area contributed by atoms with E-state index in [0.717, 1.165) is 25.5 Å². The molecule has 0 saturated heterocycles. The summed E-state index contributed by atoms with van der Waals surface area (Å²) >= 11 is 0. The normalized spacial score (nSPS) is 11.2. The zero-order valence-corrected chi connectivity index (χ0v) is 7.81. The summed E-state index contributed by atoms with van der Waals surface area (Å²) in [7, 11) is 0. The summed E-state index contributed by atoms with van der Waals surface area (Å²) in [5, 5.41) is 0. The lowest BCUT2D eigenvalue weighted by atomic mass is 9.88. The molecule has 0 heterocycles. The maximum Gasteiger partial charge on any atom is 0.125 e. The van der Waals surface area contributed by atoms with E-state index < -0.39 is 0 Å². The van der Waals surface area contributed by atoms with Crippen LogP contribution in [0.4, 0.5) is 0 Å². The third-order valence-electron chi connectivity index (χ3n) is 1.74. The van der Waals surface area contributed by atoms with Crippen molar-refractivity contribution in [1.29, 1.82) is 0 Å². The Morgan fingerprint density at radius 1 is 1.55 bits per heavy atom. The Balaban J connectivity index is 3.53. The van der Waals surface area contributed by atoms with Crippen molar-refractivity contribution >= 4 is 6.29 Å². The van der Waals surface area contributed by atoms with Crippen molar-refractivity contribution in [2.75, 3.05) is 0 Å². The highest BCUT2D eigenvalue weighted by Gasteiger charge is 2.14. The fourth-order valence-electron chi connectivity index (χ4n) is 0.905. The first-order valence-electron chi connectivity index (χ1n) is 4.09. The van der Waals surface area contributed by atoms with Crippen LogP contribution in [0.1, 0.15) is 40.0 Å². The molecule has 0 aromatic rings. The lowest BCUT2D eigenvalue weighted by Crippen LogP contribution is -2.12. The van der Waals surface area contributed by atoms with Crippen LogP contribution in [0.25, 0.3) is 0 Å². The van der Waals surface area contributed by atoms with Gasteiger partial charge in [0.05, 0.1) is 0 Å². The van der Waals surface area contributed by atoms with Crippen molar-refractivity contribution in [3.8, 4) is 0 Å². The van der Waals surface area contributed by atoms with Crippen LogP contribution in [-0.4, -0.2) is 6.29 Å². The summed E-state index contributed by atoms with van der Waals surface area (Å²) < 4.78 is 0. The molecule has 0 aliphatic rings. The van der Waals surface area contributed by atoms with Crippen LogP contribution in [0.2, 0.25) is 0 Å². The van der Waals surface area contributed by atoms with Crippen molar-refractivity contribution in [3.05, 3.63) is 12.2 Å². The molecular formula is C10H18O. The van der Waals surface area contributed by atoms with Gasteiger partial charge in [-0.2, -0.15) is 0 Å². The van der Waals surface area contributed by atoms with Gasteiger partial charge in [-0.1, -0.05) is 19.4 Å². The van der Waals surface area contributed by atoms with Crippen molar-refractivity contribution in [2.45, 2.75) is 40.0 Å².